The minimum Gasteiger partial charge on any atom is -0.440 e. The first-order chi connectivity index (χ1) is 13.3. The van der Waals surface area contributed by atoms with E-state index in [1.807, 2.05) is 36.6 Å². The summed E-state index contributed by atoms with van der Waals surface area (Å²) in [5.41, 5.74) is 1.97. The zero-order chi connectivity index (χ0) is 18.6. The van der Waals surface area contributed by atoms with Gasteiger partial charge < -0.3 is 8.98 Å². The Bertz CT molecular complexity index is 1010. The van der Waals surface area contributed by atoms with Crippen molar-refractivity contribution in [3.05, 3.63) is 53.5 Å². The van der Waals surface area contributed by atoms with E-state index in [1.165, 1.54) is 0 Å². The van der Waals surface area contributed by atoms with Crippen LogP contribution >= 0.6 is 23.1 Å². The van der Waals surface area contributed by atoms with Gasteiger partial charge in [-0.25, -0.2) is 4.98 Å². The largest absolute Gasteiger partial charge is 0.440 e. The summed E-state index contributed by atoms with van der Waals surface area (Å²) in [4.78, 5) is 9.79. The summed E-state index contributed by atoms with van der Waals surface area (Å²) in [5, 5.41) is 11.7. The van der Waals surface area contributed by atoms with Gasteiger partial charge in [0.1, 0.15) is 5.76 Å². The first kappa shape index (κ1) is 17.9. The number of thiophene rings is 1. The van der Waals surface area contributed by atoms with Gasteiger partial charge >= 0.3 is 0 Å². The molecule has 6 nitrogen and oxygen atoms in total. The number of aromatic nitrogens is 5. The van der Waals surface area contributed by atoms with Gasteiger partial charge in [-0.2, -0.15) is 0 Å². The molecule has 0 saturated heterocycles. The lowest BCUT2D eigenvalue weighted by Crippen LogP contribution is -2.02. The number of aryl methyl sites for hydroxylation is 1. The molecule has 0 aliphatic heterocycles. The van der Waals surface area contributed by atoms with Crippen LogP contribution in [0.1, 0.15) is 24.8 Å². The Morgan fingerprint density at radius 2 is 2.04 bits per heavy atom. The molecule has 0 fully saturated rings. The van der Waals surface area contributed by atoms with E-state index in [1.54, 1.807) is 35.5 Å². The molecule has 4 aromatic heterocycles. The van der Waals surface area contributed by atoms with Gasteiger partial charge in [0.25, 0.3) is 0 Å². The fraction of sp³-hybridized carbons (Fsp3) is 0.263. The number of hydrogen-bond acceptors (Lipinski definition) is 7. The van der Waals surface area contributed by atoms with E-state index in [2.05, 4.69) is 31.7 Å². The maximum absolute atomic E-state index is 5.84. The summed E-state index contributed by atoms with van der Waals surface area (Å²) < 4.78 is 8.00. The first-order valence-corrected chi connectivity index (χ1v) is 10.6. The van der Waals surface area contributed by atoms with Crippen LogP contribution in [0.25, 0.3) is 22.2 Å². The Labute approximate surface area is 165 Å². The van der Waals surface area contributed by atoms with Crippen LogP contribution in [0.2, 0.25) is 0 Å². The van der Waals surface area contributed by atoms with E-state index in [0.717, 1.165) is 45.8 Å². The van der Waals surface area contributed by atoms with Crippen LogP contribution < -0.4 is 0 Å². The van der Waals surface area contributed by atoms with Crippen molar-refractivity contribution in [3.8, 4) is 22.2 Å². The molecule has 0 N–H and O–H groups in total. The highest BCUT2D eigenvalue weighted by atomic mass is 32.2. The van der Waals surface area contributed by atoms with Crippen molar-refractivity contribution >= 4 is 23.1 Å². The van der Waals surface area contributed by atoms with E-state index in [4.69, 9.17) is 4.42 Å². The average molecular weight is 398 g/mol. The minimum atomic E-state index is 0.686. The van der Waals surface area contributed by atoms with Crippen molar-refractivity contribution in [3.63, 3.8) is 0 Å². The SMILES string of the molecule is CCCn1c(SCc2nc(-c3cccs3)oc2C)nnc1-c1ccncc1. The van der Waals surface area contributed by atoms with E-state index < -0.39 is 0 Å². The Balaban J connectivity index is 1.56. The topological polar surface area (TPSA) is 69.6 Å². The van der Waals surface area contributed by atoms with E-state index >= 15 is 0 Å². The van der Waals surface area contributed by atoms with E-state index in [0.29, 0.717) is 11.6 Å². The molecule has 0 amide bonds. The first-order valence-electron chi connectivity index (χ1n) is 8.73. The quantitative estimate of drug-likeness (QED) is 0.406. The average Bonchev–Trinajstić information content (AvgIpc) is 3.42. The Morgan fingerprint density at radius 1 is 1.19 bits per heavy atom. The summed E-state index contributed by atoms with van der Waals surface area (Å²) in [7, 11) is 0. The molecular formula is C19H19N5OS2. The molecule has 0 spiro atoms. The van der Waals surface area contributed by atoms with Crippen LogP contribution in [0.5, 0.6) is 0 Å². The van der Waals surface area contributed by atoms with Crippen LogP contribution in [0.3, 0.4) is 0 Å². The molecule has 4 aromatic rings. The number of rotatable bonds is 7. The van der Waals surface area contributed by atoms with Crippen molar-refractivity contribution < 1.29 is 4.42 Å². The lowest BCUT2D eigenvalue weighted by molar-refractivity contribution is 0.542. The molecule has 8 heteroatoms. The zero-order valence-electron chi connectivity index (χ0n) is 15.1. The summed E-state index contributed by atoms with van der Waals surface area (Å²) in [5.74, 6) is 3.10. The molecule has 0 unspecified atom stereocenters. The van der Waals surface area contributed by atoms with Crippen molar-refractivity contribution in [2.75, 3.05) is 0 Å². The Kier molecular flexibility index (Phi) is 5.35. The number of oxazole rings is 1. The number of nitrogens with zero attached hydrogens (tertiary/aromatic N) is 5. The molecule has 0 aromatic carbocycles. The summed E-state index contributed by atoms with van der Waals surface area (Å²) in [6, 6.07) is 7.94. The highest BCUT2D eigenvalue weighted by molar-refractivity contribution is 7.98. The second-order valence-corrected chi connectivity index (χ2v) is 7.87. The molecule has 0 aliphatic carbocycles. The normalized spacial score (nSPS) is 11.2. The van der Waals surface area contributed by atoms with Crippen LogP contribution in [0.4, 0.5) is 0 Å². The number of pyridine rings is 1. The lowest BCUT2D eigenvalue weighted by Gasteiger charge is -2.08. The molecule has 0 radical (unpaired) electrons. The van der Waals surface area contributed by atoms with Gasteiger partial charge in [-0.1, -0.05) is 24.8 Å². The van der Waals surface area contributed by atoms with Crippen LogP contribution in [0, 0.1) is 6.92 Å². The Morgan fingerprint density at radius 3 is 2.78 bits per heavy atom. The van der Waals surface area contributed by atoms with Crippen LogP contribution in [-0.2, 0) is 12.3 Å². The summed E-state index contributed by atoms with van der Waals surface area (Å²) >= 11 is 3.26. The smallest absolute Gasteiger partial charge is 0.236 e. The van der Waals surface area contributed by atoms with E-state index in [9.17, 15) is 0 Å². The second kappa shape index (κ2) is 8.06. The third kappa shape index (κ3) is 3.81. The fourth-order valence-electron chi connectivity index (χ4n) is 2.74. The molecule has 0 atom stereocenters. The van der Waals surface area contributed by atoms with Gasteiger partial charge in [0.05, 0.1) is 10.6 Å². The monoisotopic (exact) mass is 397 g/mol. The van der Waals surface area contributed by atoms with Crippen molar-refractivity contribution in [1.29, 1.82) is 0 Å². The highest BCUT2D eigenvalue weighted by Crippen LogP contribution is 2.30. The highest BCUT2D eigenvalue weighted by Gasteiger charge is 2.17. The number of hydrogen-bond donors (Lipinski definition) is 0. The van der Waals surface area contributed by atoms with Gasteiger partial charge in [-0.15, -0.1) is 21.5 Å². The van der Waals surface area contributed by atoms with Crippen molar-refractivity contribution in [2.45, 2.75) is 37.7 Å². The van der Waals surface area contributed by atoms with Gasteiger partial charge in [-0.05, 0) is 36.9 Å². The van der Waals surface area contributed by atoms with E-state index in [-0.39, 0.29) is 0 Å². The molecule has 0 aliphatic rings. The molecular weight excluding hydrogens is 378 g/mol. The summed E-state index contributed by atoms with van der Waals surface area (Å²) in [6.07, 6.45) is 4.56. The van der Waals surface area contributed by atoms with Crippen LogP contribution in [0.15, 0.2) is 51.6 Å². The lowest BCUT2D eigenvalue weighted by atomic mass is 10.2. The molecule has 4 heterocycles. The molecule has 0 saturated carbocycles. The molecule has 138 valence electrons. The van der Waals surface area contributed by atoms with Crippen LogP contribution in [-0.4, -0.2) is 24.7 Å². The van der Waals surface area contributed by atoms with Crippen molar-refractivity contribution in [1.82, 2.24) is 24.7 Å². The minimum absolute atomic E-state index is 0.686. The third-order valence-electron chi connectivity index (χ3n) is 4.07. The van der Waals surface area contributed by atoms with Gasteiger partial charge in [0.2, 0.25) is 5.89 Å². The fourth-order valence-corrected chi connectivity index (χ4v) is 4.35. The Hall–Kier alpha value is -2.45. The predicted molar refractivity (Wildman–Crippen MR) is 108 cm³/mol. The summed E-state index contributed by atoms with van der Waals surface area (Å²) in [6.45, 7) is 4.98. The third-order valence-corrected chi connectivity index (χ3v) is 5.90. The standard InChI is InChI=1S/C19H19N5OS2/c1-3-10-24-17(14-6-8-20-9-7-14)22-23-19(24)27-12-15-13(2)25-18(21-15)16-5-4-11-26-16/h4-9,11H,3,10,12H2,1-2H3. The second-order valence-electron chi connectivity index (χ2n) is 5.98. The zero-order valence-corrected chi connectivity index (χ0v) is 16.8. The molecule has 4 rings (SSSR count). The number of thioether (sulfide) groups is 1. The van der Waals surface area contributed by atoms with Gasteiger partial charge in [0, 0.05) is 30.3 Å². The van der Waals surface area contributed by atoms with Gasteiger partial charge in [0.15, 0.2) is 11.0 Å². The maximum atomic E-state index is 5.84. The molecule has 0 bridgehead atoms. The molecule has 27 heavy (non-hydrogen) atoms. The van der Waals surface area contributed by atoms with Gasteiger partial charge in [-0.3, -0.25) is 4.98 Å². The maximum Gasteiger partial charge on any atom is 0.236 e. The van der Waals surface area contributed by atoms with Crippen molar-refractivity contribution in [2.24, 2.45) is 0 Å². The predicted octanol–water partition coefficient (Wildman–Crippen LogP) is 5.07.